The van der Waals surface area contributed by atoms with E-state index in [1.165, 1.54) is 11.3 Å². The number of ether oxygens (including phenoxy) is 1. The molecule has 0 spiro atoms. The molecular weight excluding hydrogens is 368 g/mol. The number of rotatable bonds is 6. The van der Waals surface area contributed by atoms with E-state index in [4.69, 9.17) is 4.74 Å². The van der Waals surface area contributed by atoms with Crippen molar-refractivity contribution in [2.75, 3.05) is 6.54 Å². The molecule has 0 bridgehead atoms. The summed E-state index contributed by atoms with van der Waals surface area (Å²) >= 11 is 3.12. The topological polar surface area (TPSA) is 68.3 Å². The van der Waals surface area contributed by atoms with Crippen LogP contribution in [0.15, 0.2) is 40.4 Å². The Balaban J connectivity index is 1.47. The molecule has 7 heteroatoms. The van der Waals surface area contributed by atoms with E-state index in [-0.39, 0.29) is 19.1 Å². The number of nitrogens with zero attached hydrogens (tertiary/aromatic N) is 1. The highest BCUT2D eigenvalue weighted by Gasteiger charge is 2.11. The van der Waals surface area contributed by atoms with Gasteiger partial charge in [0, 0.05) is 21.9 Å². The van der Waals surface area contributed by atoms with E-state index >= 15 is 0 Å². The number of benzene rings is 1. The summed E-state index contributed by atoms with van der Waals surface area (Å²) < 4.78 is 5.18. The van der Waals surface area contributed by atoms with Gasteiger partial charge < -0.3 is 10.1 Å². The molecule has 0 aliphatic heterocycles. The zero-order valence-corrected chi connectivity index (χ0v) is 16.1. The van der Waals surface area contributed by atoms with Crippen molar-refractivity contribution >= 4 is 34.6 Å². The van der Waals surface area contributed by atoms with Crippen molar-refractivity contribution in [1.82, 2.24) is 10.3 Å². The van der Waals surface area contributed by atoms with Gasteiger partial charge in [-0.2, -0.15) is 11.3 Å². The lowest BCUT2D eigenvalue weighted by atomic mass is 10.1. The van der Waals surface area contributed by atoms with Gasteiger partial charge in [0.05, 0.1) is 5.69 Å². The van der Waals surface area contributed by atoms with Crippen LogP contribution in [0.4, 0.5) is 0 Å². The van der Waals surface area contributed by atoms with Crippen LogP contribution in [0.5, 0.6) is 0 Å². The largest absolute Gasteiger partial charge is 0.458 e. The van der Waals surface area contributed by atoms with Gasteiger partial charge >= 0.3 is 5.97 Å². The second kappa shape index (κ2) is 8.25. The van der Waals surface area contributed by atoms with Crippen LogP contribution in [0.3, 0.4) is 0 Å². The molecule has 2 heterocycles. The van der Waals surface area contributed by atoms with Gasteiger partial charge in [0.15, 0.2) is 0 Å². The number of amides is 1. The predicted molar refractivity (Wildman–Crippen MR) is 103 cm³/mol. The average molecular weight is 386 g/mol. The lowest BCUT2D eigenvalue weighted by Gasteiger charge is -2.07. The van der Waals surface area contributed by atoms with Crippen LogP contribution in [-0.2, 0) is 16.1 Å². The summed E-state index contributed by atoms with van der Waals surface area (Å²) in [4.78, 5) is 28.4. The van der Waals surface area contributed by atoms with E-state index in [0.717, 1.165) is 21.7 Å². The van der Waals surface area contributed by atoms with E-state index in [1.807, 2.05) is 42.1 Å². The molecule has 1 N–H and O–H groups in total. The van der Waals surface area contributed by atoms with Crippen molar-refractivity contribution in [2.45, 2.75) is 20.5 Å². The Morgan fingerprint density at radius 3 is 2.73 bits per heavy atom. The van der Waals surface area contributed by atoms with Crippen LogP contribution in [0.1, 0.15) is 27.2 Å². The fraction of sp³-hybridized carbons (Fsp3) is 0.211. The third-order valence-electron chi connectivity index (χ3n) is 3.86. The number of thiazole rings is 1. The van der Waals surface area contributed by atoms with E-state index < -0.39 is 5.97 Å². The number of aryl methyl sites for hydroxylation is 2. The molecule has 0 radical (unpaired) electrons. The van der Waals surface area contributed by atoms with Gasteiger partial charge in [-0.25, -0.2) is 4.98 Å². The second-order valence-electron chi connectivity index (χ2n) is 5.80. The average Bonchev–Trinajstić information content (AvgIpc) is 3.31. The Hall–Kier alpha value is -2.51. The minimum absolute atomic E-state index is 0.0962. The quantitative estimate of drug-likeness (QED) is 0.651. The van der Waals surface area contributed by atoms with Crippen molar-refractivity contribution < 1.29 is 14.3 Å². The standard InChI is InChI=1S/C19H18N2O3S2/c1-12-3-4-14(7-13(12)2)18(23)20-8-17(22)24-9-16-11-26-19(21-16)15-5-6-25-10-15/h3-7,10-11H,8-9H2,1-2H3,(H,20,23). The smallest absolute Gasteiger partial charge is 0.325 e. The summed E-state index contributed by atoms with van der Waals surface area (Å²) in [6.07, 6.45) is 0. The highest BCUT2D eigenvalue weighted by molar-refractivity contribution is 7.14. The van der Waals surface area contributed by atoms with Gasteiger partial charge in [0.2, 0.25) is 0 Å². The molecule has 1 aromatic carbocycles. The van der Waals surface area contributed by atoms with Crippen molar-refractivity contribution in [2.24, 2.45) is 0 Å². The summed E-state index contributed by atoms with van der Waals surface area (Å²) in [7, 11) is 0. The summed E-state index contributed by atoms with van der Waals surface area (Å²) in [6.45, 7) is 3.85. The Labute approximate surface area is 159 Å². The number of nitrogens with one attached hydrogen (secondary N) is 1. The minimum Gasteiger partial charge on any atom is -0.458 e. The number of carbonyl (C=O) groups is 2. The minimum atomic E-state index is -0.493. The molecule has 0 saturated carbocycles. The van der Waals surface area contributed by atoms with Gasteiger partial charge in [0.1, 0.15) is 18.2 Å². The summed E-state index contributed by atoms with van der Waals surface area (Å²) in [5, 5.41) is 9.37. The van der Waals surface area contributed by atoms with Crippen molar-refractivity contribution in [3.63, 3.8) is 0 Å². The second-order valence-corrected chi connectivity index (χ2v) is 7.44. The number of hydrogen-bond donors (Lipinski definition) is 1. The maximum atomic E-state index is 12.1. The van der Waals surface area contributed by atoms with Crippen LogP contribution in [0.25, 0.3) is 10.6 Å². The van der Waals surface area contributed by atoms with Crippen LogP contribution in [0, 0.1) is 13.8 Å². The highest BCUT2D eigenvalue weighted by Crippen LogP contribution is 2.25. The first-order valence-corrected chi connectivity index (χ1v) is 9.83. The predicted octanol–water partition coefficient (Wildman–Crippen LogP) is 3.96. The van der Waals surface area contributed by atoms with Crippen LogP contribution < -0.4 is 5.32 Å². The van der Waals surface area contributed by atoms with Gasteiger partial charge in [-0.3, -0.25) is 9.59 Å². The zero-order chi connectivity index (χ0) is 18.5. The maximum Gasteiger partial charge on any atom is 0.325 e. The fourth-order valence-electron chi connectivity index (χ4n) is 2.23. The zero-order valence-electron chi connectivity index (χ0n) is 14.4. The molecule has 3 rings (SSSR count). The number of hydrogen-bond acceptors (Lipinski definition) is 6. The molecular formula is C19H18N2O3S2. The summed E-state index contributed by atoms with van der Waals surface area (Å²) in [5.74, 6) is -0.786. The van der Waals surface area contributed by atoms with Gasteiger partial charge in [0.25, 0.3) is 5.91 Å². The molecule has 3 aromatic rings. The van der Waals surface area contributed by atoms with Crippen molar-refractivity contribution in [3.05, 3.63) is 62.8 Å². The van der Waals surface area contributed by atoms with Crippen LogP contribution in [-0.4, -0.2) is 23.4 Å². The lowest BCUT2D eigenvalue weighted by molar-refractivity contribution is -0.143. The molecule has 0 aliphatic rings. The molecule has 0 fully saturated rings. The lowest BCUT2D eigenvalue weighted by Crippen LogP contribution is -2.30. The highest BCUT2D eigenvalue weighted by atomic mass is 32.1. The first kappa shape index (κ1) is 18.3. The summed E-state index contributed by atoms with van der Waals surface area (Å²) in [5.41, 5.74) is 4.44. The fourth-order valence-corrected chi connectivity index (χ4v) is 3.75. The van der Waals surface area contributed by atoms with Gasteiger partial charge in [-0.05, 0) is 48.6 Å². The Kier molecular flexibility index (Phi) is 5.80. The molecule has 0 aliphatic carbocycles. The van der Waals surface area contributed by atoms with Crippen LogP contribution in [0.2, 0.25) is 0 Å². The number of thiophene rings is 1. The number of carbonyl (C=O) groups excluding carboxylic acids is 2. The monoisotopic (exact) mass is 386 g/mol. The molecule has 0 atom stereocenters. The maximum absolute atomic E-state index is 12.1. The molecule has 26 heavy (non-hydrogen) atoms. The molecule has 134 valence electrons. The van der Waals surface area contributed by atoms with E-state index in [1.54, 1.807) is 23.5 Å². The van der Waals surface area contributed by atoms with Gasteiger partial charge in [-0.1, -0.05) is 6.07 Å². The molecule has 1 amide bonds. The van der Waals surface area contributed by atoms with Crippen LogP contribution >= 0.6 is 22.7 Å². The number of aromatic nitrogens is 1. The third-order valence-corrected chi connectivity index (χ3v) is 5.49. The molecule has 5 nitrogen and oxygen atoms in total. The summed E-state index contributed by atoms with van der Waals surface area (Å²) in [6, 6.07) is 7.43. The third kappa shape index (κ3) is 4.56. The first-order chi connectivity index (χ1) is 12.5. The molecule has 0 saturated heterocycles. The Morgan fingerprint density at radius 1 is 1.15 bits per heavy atom. The van der Waals surface area contributed by atoms with E-state index in [2.05, 4.69) is 10.3 Å². The van der Waals surface area contributed by atoms with Crippen molar-refractivity contribution in [3.8, 4) is 10.6 Å². The van der Waals surface area contributed by atoms with E-state index in [9.17, 15) is 9.59 Å². The normalized spacial score (nSPS) is 10.5. The molecule has 2 aromatic heterocycles. The van der Waals surface area contributed by atoms with Crippen molar-refractivity contribution in [1.29, 1.82) is 0 Å². The first-order valence-electron chi connectivity index (χ1n) is 8.01. The SMILES string of the molecule is Cc1ccc(C(=O)NCC(=O)OCc2csc(-c3ccsc3)n2)cc1C. The van der Waals surface area contributed by atoms with E-state index in [0.29, 0.717) is 11.3 Å². The Bertz CT molecular complexity index is 917. The van der Waals surface area contributed by atoms with Gasteiger partial charge in [-0.15, -0.1) is 11.3 Å². The number of esters is 1. The Morgan fingerprint density at radius 2 is 2.00 bits per heavy atom. The molecule has 0 unspecified atom stereocenters.